The van der Waals surface area contributed by atoms with Crippen LogP contribution in [-0.2, 0) is 6.54 Å². The topological polar surface area (TPSA) is 90.1 Å². The Morgan fingerprint density at radius 2 is 2.04 bits per heavy atom. The van der Waals surface area contributed by atoms with Gasteiger partial charge in [-0.1, -0.05) is 17.3 Å². The lowest BCUT2D eigenvalue weighted by atomic mass is 10.1. The highest BCUT2D eigenvalue weighted by Crippen LogP contribution is 2.26. The van der Waals surface area contributed by atoms with E-state index in [0.29, 0.717) is 23.5 Å². The molecule has 7 nitrogen and oxygen atoms in total. The first kappa shape index (κ1) is 15.9. The summed E-state index contributed by atoms with van der Waals surface area (Å²) in [7, 11) is 1.63. The van der Waals surface area contributed by atoms with E-state index >= 15 is 0 Å². The van der Waals surface area contributed by atoms with Crippen LogP contribution in [0, 0.1) is 0 Å². The zero-order valence-electron chi connectivity index (χ0n) is 13.9. The Labute approximate surface area is 147 Å². The zero-order valence-corrected chi connectivity index (χ0v) is 13.9. The highest BCUT2D eigenvalue weighted by Gasteiger charge is 2.12. The number of carbonyl (C=O) groups excluding carboxylic acids is 1. The van der Waals surface area contributed by atoms with Gasteiger partial charge in [0.05, 0.1) is 7.11 Å². The molecule has 26 heavy (non-hydrogen) atoms. The first-order chi connectivity index (χ1) is 12.7. The van der Waals surface area contributed by atoms with E-state index in [-0.39, 0.29) is 0 Å². The van der Waals surface area contributed by atoms with Gasteiger partial charge in [-0.2, -0.15) is 0 Å². The van der Waals surface area contributed by atoms with Crippen LogP contribution in [0.1, 0.15) is 15.9 Å². The van der Waals surface area contributed by atoms with E-state index in [0.717, 1.165) is 28.5 Å². The first-order valence-electron chi connectivity index (χ1n) is 7.95. The molecule has 0 unspecified atom stereocenters. The van der Waals surface area contributed by atoms with Gasteiger partial charge in [-0.3, -0.25) is 14.3 Å². The van der Waals surface area contributed by atoms with Gasteiger partial charge in [0.2, 0.25) is 0 Å². The van der Waals surface area contributed by atoms with Gasteiger partial charge in [0.1, 0.15) is 5.75 Å². The van der Waals surface area contributed by atoms with Crippen molar-refractivity contribution < 1.29 is 14.1 Å². The number of aromatic amines is 1. The minimum absolute atomic E-state index is 0.330. The van der Waals surface area contributed by atoms with Crippen LogP contribution < -0.4 is 10.5 Å². The van der Waals surface area contributed by atoms with E-state index in [1.54, 1.807) is 7.11 Å². The maximum Gasteiger partial charge on any atom is 0.439 e. The molecule has 2 aromatic heterocycles. The molecule has 0 aliphatic heterocycles. The Balaban J connectivity index is 1.75. The second-order valence-corrected chi connectivity index (χ2v) is 5.85. The Bertz CT molecular complexity index is 1140. The molecule has 0 radical (unpaired) electrons. The van der Waals surface area contributed by atoms with Crippen LogP contribution in [0.5, 0.6) is 5.75 Å². The van der Waals surface area contributed by atoms with Gasteiger partial charge in [0, 0.05) is 34.8 Å². The van der Waals surface area contributed by atoms with Crippen LogP contribution in [0.25, 0.3) is 22.3 Å². The number of benzene rings is 2. The standard InChI is InChI=1S/C19H15N3O4/c1-25-15-5-2-12(3-6-15)9-22-10-14(11-23)16-8-13(4-7-17(16)22)18-20-19(24)26-21-18/h2-8,10-11H,9H2,1H3,(H,20,21,24). The molecule has 0 amide bonds. The van der Waals surface area contributed by atoms with Crippen molar-refractivity contribution in [3.8, 4) is 17.1 Å². The second-order valence-electron chi connectivity index (χ2n) is 5.85. The van der Waals surface area contributed by atoms with Gasteiger partial charge in [0.15, 0.2) is 12.1 Å². The summed E-state index contributed by atoms with van der Waals surface area (Å²) >= 11 is 0. The molecule has 0 saturated heterocycles. The van der Waals surface area contributed by atoms with Crippen molar-refractivity contribution in [3.05, 3.63) is 70.3 Å². The van der Waals surface area contributed by atoms with Crippen molar-refractivity contribution in [1.29, 1.82) is 0 Å². The summed E-state index contributed by atoms with van der Waals surface area (Å²) in [5.41, 5.74) is 3.25. The molecule has 0 saturated carbocycles. The third-order valence-electron chi connectivity index (χ3n) is 4.26. The molecule has 4 rings (SSSR count). The summed E-state index contributed by atoms with van der Waals surface area (Å²) in [5.74, 6) is 0.510. The molecule has 0 spiro atoms. The molecule has 0 atom stereocenters. The summed E-state index contributed by atoms with van der Waals surface area (Å²) in [6.45, 7) is 0.620. The van der Waals surface area contributed by atoms with E-state index in [2.05, 4.69) is 14.7 Å². The van der Waals surface area contributed by atoms with Crippen molar-refractivity contribution in [2.24, 2.45) is 0 Å². The highest BCUT2D eigenvalue weighted by molar-refractivity contribution is 5.99. The molecule has 7 heteroatoms. The molecule has 4 aromatic rings. The lowest BCUT2D eigenvalue weighted by molar-refractivity contribution is 0.112. The third-order valence-corrected chi connectivity index (χ3v) is 4.26. The average molecular weight is 349 g/mol. The van der Waals surface area contributed by atoms with Crippen LogP contribution in [0.4, 0.5) is 0 Å². The summed E-state index contributed by atoms with van der Waals surface area (Å²) in [6.07, 6.45) is 2.64. The van der Waals surface area contributed by atoms with Gasteiger partial charge >= 0.3 is 5.76 Å². The van der Waals surface area contributed by atoms with Crippen molar-refractivity contribution in [2.45, 2.75) is 6.54 Å². The number of fused-ring (bicyclic) bond motifs is 1. The normalized spacial score (nSPS) is 11.0. The fourth-order valence-electron chi connectivity index (χ4n) is 2.98. The van der Waals surface area contributed by atoms with E-state index in [1.807, 2.05) is 53.2 Å². The summed E-state index contributed by atoms with van der Waals surface area (Å²) in [4.78, 5) is 25.2. The van der Waals surface area contributed by atoms with E-state index < -0.39 is 5.76 Å². The Hall–Kier alpha value is -3.61. The quantitative estimate of drug-likeness (QED) is 0.560. The molecule has 0 fully saturated rings. The Morgan fingerprint density at radius 1 is 1.23 bits per heavy atom. The van der Waals surface area contributed by atoms with Crippen molar-refractivity contribution in [3.63, 3.8) is 0 Å². The number of nitrogens with zero attached hydrogens (tertiary/aromatic N) is 2. The second kappa shape index (κ2) is 6.36. The van der Waals surface area contributed by atoms with Crippen LogP contribution in [0.3, 0.4) is 0 Å². The van der Waals surface area contributed by atoms with Crippen LogP contribution in [0.2, 0.25) is 0 Å². The maximum atomic E-state index is 11.5. The number of hydrogen-bond donors (Lipinski definition) is 1. The average Bonchev–Trinajstić information content (AvgIpc) is 3.26. The minimum atomic E-state index is -0.618. The van der Waals surface area contributed by atoms with E-state index in [1.165, 1.54) is 0 Å². The van der Waals surface area contributed by atoms with Crippen molar-refractivity contribution in [1.82, 2.24) is 14.7 Å². The molecular weight excluding hydrogens is 334 g/mol. The SMILES string of the molecule is COc1ccc(Cn2cc(C=O)c3cc(-c4noc(=O)[nH]4)ccc32)cc1. The van der Waals surface area contributed by atoms with Gasteiger partial charge in [-0.15, -0.1) is 0 Å². The Morgan fingerprint density at radius 3 is 2.69 bits per heavy atom. The monoisotopic (exact) mass is 349 g/mol. The summed E-state index contributed by atoms with van der Waals surface area (Å²) in [5, 5.41) is 4.48. The fourth-order valence-corrected chi connectivity index (χ4v) is 2.98. The molecule has 0 bridgehead atoms. The van der Waals surface area contributed by atoms with Crippen LogP contribution in [0.15, 0.2) is 58.0 Å². The number of hydrogen-bond acceptors (Lipinski definition) is 5. The smallest absolute Gasteiger partial charge is 0.439 e. The van der Waals surface area contributed by atoms with Crippen LogP contribution in [-0.4, -0.2) is 28.1 Å². The fraction of sp³-hybridized carbons (Fsp3) is 0.105. The largest absolute Gasteiger partial charge is 0.497 e. The number of H-pyrrole nitrogens is 1. The lowest BCUT2D eigenvalue weighted by Crippen LogP contribution is -1.98. The number of methoxy groups -OCH3 is 1. The molecule has 0 aliphatic carbocycles. The van der Waals surface area contributed by atoms with Gasteiger partial charge in [-0.25, -0.2) is 4.79 Å². The predicted molar refractivity (Wildman–Crippen MR) is 95.5 cm³/mol. The number of aromatic nitrogens is 3. The lowest BCUT2D eigenvalue weighted by Gasteiger charge is -2.07. The third kappa shape index (κ3) is 2.79. The maximum absolute atomic E-state index is 11.5. The molecule has 1 N–H and O–H groups in total. The summed E-state index contributed by atoms with van der Waals surface area (Å²) < 4.78 is 11.7. The Kier molecular flexibility index (Phi) is 3.89. The van der Waals surface area contributed by atoms with Crippen molar-refractivity contribution >= 4 is 17.2 Å². The van der Waals surface area contributed by atoms with Crippen molar-refractivity contribution in [2.75, 3.05) is 7.11 Å². The van der Waals surface area contributed by atoms with E-state index in [4.69, 9.17) is 4.74 Å². The van der Waals surface area contributed by atoms with Gasteiger partial charge < -0.3 is 9.30 Å². The van der Waals surface area contributed by atoms with Gasteiger partial charge in [0.25, 0.3) is 0 Å². The molecule has 2 aromatic carbocycles. The molecule has 2 heterocycles. The van der Waals surface area contributed by atoms with Crippen LogP contribution >= 0.6 is 0 Å². The minimum Gasteiger partial charge on any atom is -0.497 e. The number of nitrogens with one attached hydrogen (secondary N) is 1. The molecule has 0 aliphatic rings. The summed E-state index contributed by atoms with van der Waals surface area (Å²) in [6, 6.07) is 13.3. The first-order valence-corrected chi connectivity index (χ1v) is 7.95. The molecular formula is C19H15N3O4. The number of ether oxygens (including phenoxy) is 1. The zero-order chi connectivity index (χ0) is 18.1. The van der Waals surface area contributed by atoms with Gasteiger partial charge in [-0.05, 0) is 35.9 Å². The molecule has 130 valence electrons. The predicted octanol–water partition coefficient (Wildman–Crippen LogP) is 2.85. The highest BCUT2D eigenvalue weighted by atomic mass is 16.5. The van der Waals surface area contributed by atoms with E-state index in [9.17, 15) is 9.59 Å². The number of carbonyl (C=O) groups is 1. The number of rotatable bonds is 5. The number of aldehydes is 1.